The van der Waals surface area contributed by atoms with E-state index in [1.54, 1.807) is 23.5 Å². The third kappa shape index (κ3) is 3.71. The first-order valence-electron chi connectivity index (χ1n) is 8.86. The number of carbonyl (C=O) groups excluding carboxylic acids is 1. The van der Waals surface area contributed by atoms with Crippen LogP contribution in [0.2, 0.25) is 0 Å². The van der Waals surface area contributed by atoms with Gasteiger partial charge in [-0.3, -0.25) is 9.78 Å². The lowest BCUT2D eigenvalue weighted by Crippen LogP contribution is -2.29. The number of hydrogen-bond acceptors (Lipinski definition) is 4. The molecule has 27 heavy (non-hydrogen) atoms. The summed E-state index contributed by atoms with van der Waals surface area (Å²) in [7, 11) is 0. The Kier molecular flexibility index (Phi) is 4.90. The molecule has 1 aliphatic rings. The summed E-state index contributed by atoms with van der Waals surface area (Å²) >= 11 is 1.61. The van der Waals surface area contributed by atoms with Gasteiger partial charge in [-0.05, 0) is 61.5 Å². The van der Waals surface area contributed by atoms with Crippen LogP contribution in [0.3, 0.4) is 0 Å². The van der Waals surface area contributed by atoms with E-state index in [0.717, 1.165) is 17.0 Å². The predicted octanol–water partition coefficient (Wildman–Crippen LogP) is 4.90. The molecule has 1 aliphatic heterocycles. The molecule has 3 heterocycles. The lowest BCUT2D eigenvalue weighted by atomic mass is 10.0. The summed E-state index contributed by atoms with van der Waals surface area (Å²) in [5.41, 5.74) is 2.73. The van der Waals surface area contributed by atoms with E-state index in [0.29, 0.717) is 35.6 Å². The number of thiophene rings is 1. The quantitative estimate of drug-likeness (QED) is 0.701. The molecule has 0 fully saturated rings. The van der Waals surface area contributed by atoms with E-state index in [1.807, 2.05) is 30.5 Å². The van der Waals surface area contributed by atoms with Crippen molar-refractivity contribution in [2.45, 2.75) is 25.8 Å². The number of amides is 1. The first kappa shape index (κ1) is 17.7. The van der Waals surface area contributed by atoms with E-state index < -0.39 is 0 Å². The van der Waals surface area contributed by atoms with Crippen LogP contribution in [-0.2, 0) is 0 Å². The topological polar surface area (TPSA) is 51.2 Å². The first-order chi connectivity index (χ1) is 13.1. The van der Waals surface area contributed by atoms with Crippen LogP contribution in [0.1, 0.15) is 40.5 Å². The molecule has 2 aromatic heterocycles. The van der Waals surface area contributed by atoms with Crippen LogP contribution in [0.25, 0.3) is 10.6 Å². The third-order valence-electron chi connectivity index (χ3n) is 4.65. The van der Waals surface area contributed by atoms with Crippen molar-refractivity contribution in [2.24, 2.45) is 0 Å². The van der Waals surface area contributed by atoms with Gasteiger partial charge in [0.1, 0.15) is 11.6 Å². The monoisotopic (exact) mass is 382 g/mol. The van der Waals surface area contributed by atoms with Gasteiger partial charge in [0.25, 0.3) is 5.91 Å². The van der Waals surface area contributed by atoms with Crippen molar-refractivity contribution in [2.75, 3.05) is 6.61 Å². The van der Waals surface area contributed by atoms with Crippen LogP contribution in [-0.4, -0.2) is 17.5 Å². The number of aryl methyl sites for hydroxylation is 1. The number of fused-ring (bicyclic) bond motifs is 1. The Morgan fingerprint density at radius 3 is 2.96 bits per heavy atom. The van der Waals surface area contributed by atoms with Crippen LogP contribution < -0.4 is 10.1 Å². The molecule has 3 aromatic rings. The minimum atomic E-state index is -0.336. The largest absolute Gasteiger partial charge is 0.493 e. The first-order valence-corrected chi connectivity index (χ1v) is 9.74. The van der Waals surface area contributed by atoms with Crippen molar-refractivity contribution in [1.29, 1.82) is 0 Å². The average Bonchev–Trinajstić information content (AvgIpc) is 3.12. The Balaban J connectivity index is 1.58. The molecule has 6 heteroatoms. The normalized spacial score (nSPS) is 16.1. The van der Waals surface area contributed by atoms with E-state index in [2.05, 4.69) is 10.3 Å². The Hall–Kier alpha value is -2.73. The van der Waals surface area contributed by atoms with E-state index >= 15 is 0 Å². The van der Waals surface area contributed by atoms with Gasteiger partial charge >= 0.3 is 0 Å². The van der Waals surface area contributed by atoms with Crippen LogP contribution in [0.4, 0.5) is 4.39 Å². The molecule has 1 amide bonds. The van der Waals surface area contributed by atoms with E-state index in [1.165, 1.54) is 12.1 Å². The van der Waals surface area contributed by atoms with E-state index in [-0.39, 0.29) is 17.8 Å². The van der Waals surface area contributed by atoms with Gasteiger partial charge < -0.3 is 10.1 Å². The number of pyridine rings is 1. The summed E-state index contributed by atoms with van der Waals surface area (Å²) in [6.45, 7) is 2.39. The molecule has 4 rings (SSSR count). The molecule has 0 radical (unpaired) electrons. The summed E-state index contributed by atoms with van der Waals surface area (Å²) in [5, 5.41) is 5.03. The number of benzene rings is 1. The summed E-state index contributed by atoms with van der Waals surface area (Å²) in [4.78, 5) is 18.5. The lowest BCUT2D eigenvalue weighted by molar-refractivity contribution is 0.0933. The maximum absolute atomic E-state index is 13.7. The Morgan fingerprint density at radius 1 is 1.30 bits per heavy atom. The molecule has 0 saturated heterocycles. The van der Waals surface area contributed by atoms with Crippen molar-refractivity contribution in [3.05, 3.63) is 70.5 Å². The zero-order chi connectivity index (χ0) is 18.8. The number of nitrogens with one attached hydrogen (secondary N) is 1. The van der Waals surface area contributed by atoms with E-state index in [4.69, 9.17) is 4.74 Å². The van der Waals surface area contributed by atoms with Crippen LogP contribution in [0.15, 0.2) is 47.8 Å². The van der Waals surface area contributed by atoms with Crippen LogP contribution in [0, 0.1) is 12.7 Å². The molecule has 4 nitrogen and oxygen atoms in total. The fourth-order valence-corrected chi connectivity index (χ4v) is 3.99. The highest BCUT2D eigenvalue weighted by Gasteiger charge is 2.23. The standard InChI is InChI=1S/C21H19FN2O2S/c1-13-15(7-8-18(23-13)20-5-3-11-27-20)21(25)24-17-4-2-10-26-19-9-6-14(22)12-16(17)19/h3,5-9,11-12,17H,2,4,10H2,1H3,(H,24,25)/t17-/m0/s1. The number of halogens is 1. The number of carbonyl (C=O) groups is 1. The summed E-state index contributed by atoms with van der Waals surface area (Å²) in [6, 6.07) is 11.8. The van der Waals surface area contributed by atoms with Gasteiger partial charge in [0.15, 0.2) is 0 Å². The van der Waals surface area contributed by atoms with Crippen molar-refractivity contribution in [3.63, 3.8) is 0 Å². The zero-order valence-electron chi connectivity index (χ0n) is 14.9. The van der Waals surface area contributed by atoms with Crippen LogP contribution in [0.5, 0.6) is 5.75 Å². The highest BCUT2D eigenvalue weighted by molar-refractivity contribution is 7.13. The minimum absolute atomic E-state index is 0.208. The Labute approximate surface area is 161 Å². The second-order valence-corrected chi connectivity index (χ2v) is 7.45. The fraction of sp³-hybridized carbons (Fsp3) is 0.238. The number of hydrogen-bond donors (Lipinski definition) is 1. The minimum Gasteiger partial charge on any atom is -0.493 e. The molecule has 0 bridgehead atoms. The van der Waals surface area contributed by atoms with Crippen molar-refractivity contribution in [1.82, 2.24) is 10.3 Å². The molecule has 0 unspecified atom stereocenters. The highest BCUT2D eigenvalue weighted by atomic mass is 32.1. The number of nitrogens with zero attached hydrogens (tertiary/aromatic N) is 1. The highest BCUT2D eigenvalue weighted by Crippen LogP contribution is 2.32. The number of rotatable bonds is 3. The van der Waals surface area contributed by atoms with Gasteiger partial charge in [0.2, 0.25) is 0 Å². The molecule has 1 N–H and O–H groups in total. The second-order valence-electron chi connectivity index (χ2n) is 6.51. The molecular weight excluding hydrogens is 363 g/mol. The number of ether oxygens (including phenoxy) is 1. The maximum Gasteiger partial charge on any atom is 0.253 e. The lowest BCUT2D eigenvalue weighted by Gasteiger charge is -2.19. The summed E-state index contributed by atoms with van der Waals surface area (Å²) < 4.78 is 19.4. The van der Waals surface area contributed by atoms with E-state index in [9.17, 15) is 9.18 Å². The Morgan fingerprint density at radius 2 is 2.19 bits per heavy atom. The van der Waals surface area contributed by atoms with Crippen molar-refractivity contribution >= 4 is 17.2 Å². The molecule has 0 spiro atoms. The maximum atomic E-state index is 13.7. The van der Waals surface area contributed by atoms with Crippen LogP contribution >= 0.6 is 11.3 Å². The van der Waals surface area contributed by atoms with Gasteiger partial charge in [-0.1, -0.05) is 6.07 Å². The average molecular weight is 382 g/mol. The summed E-state index contributed by atoms with van der Waals surface area (Å²) in [6.07, 6.45) is 1.48. The van der Waals surface area contributed by atoms with Gasteiger partial charge in [-0.25, -0.2) is 4.39 Å². The fourth-order valence-electron chi connectivity index (χ4n) is 3.30. The molecule has 1 atom stereocenters. The molecule has 1 aromatic carbocycles. The molecular formula is C21H19FN2O2S. The van der Waals surface area contributed by atoms with Gasteiger partial charge in [-0.2, -0.15) is 0 Å². The van der Waals surface area contributed by atoms with Gasteiger partial charge in [0, 0.05) is 5.56 Å². The summed E-state index contributed by atoms with van der Waals surface area (Å²) in [5.74, 6) is 0.0820. The predicted molar refractivity (Wildman–Crippen MR) is 104 cm³/mol. The molecule has 0 saturated carbocycles. The van der Waals surface area contributed by atoms with Crippen molar-refractivity contribution < 1.29 is 13.9 Å². The second kappa shape index (κ2) is 7.48. The Bertz CT molecular complexity index is 972. The molecule has 0 aliphatic carbocycles. The van der Waals surface area contributed by atoms with Gasteiger partial charge in [-0.15, -0.1) is 11.3 Å². The van der Waals surface area contributed by atoms with Crippen molar-refractivity contribution in [3.8, 4) is 16.3 Å². The molecule has 138 valence electrons. The number of aromatic nitrogens is 1. The SMILES string of the molecule is Cc1nc(-c2cccs2)ccc1C(=O)N[C@H]1CCCOc2ccc(F)cc21. The zero-order valence-corrected chi connectivity index (χ0v) is 15.7. The third-order valence-corrected chi connectivity index (χ3v) is 5.54. The van der Waals surface area contributed by atoms with Gasteiger partial charge in [0.05, 0.1) is 34.5 Å². The smallest absolute Gasteiger partial charge is 0.253 e.